The van der Waals surface area contributed by atoms with Crippen LogP contribution in [0.5, 0.6) is 11.5 Å². The fourth-order valence-electron chi connectivity index (χ4n) is 3.11. The summed E-state index contributed by atoms with van der Waals surface area (Å²) in [7, 11) is 0. The number of hydrogen-bond acceptors (Lipinski definition) is 4. The van der Waals surface area contributed by atoms with Crippen LogP contribution >= 0.6 is 0 Å². The Labute approximate surface area is 118 Å². The van der Waals surface area contributed by atoms with Gasteiger partial charge in [0.05, 0.1) is 5.56 Å². The number of likely N-dealkylation sites (tertiary alicyclic amines) is 1. The smallest absolute Gasteiger partial charge is 0.258 e. The van der Waals surface area contributed by atoms with Crippen molar-refractivity contribution in [3.05, 3.63) is 23.8 Å². The lowest BCUT2D eigenvalue weighted by atomic mass is 9.90. The van der Waals surface area contributed by atoms with Crippen molar-refractivity contribution in [2.75, 3.05) is 19.9 Å². The molecule has 2 aliphatic heterocycles. The predicted molar refractivity (Wildman–Crippen MR) is 74.8 cm³/mol. The monoisotopic (exact) mass is 276 g/mol. The van der Waals surface area contributed by atoms with Gasteiger partial charge >= 0.3 is 0 Å². The van der Waals surface area contributed by atoms with Crippen molar-refractivity contribution in [1.29, 1.82) is 0 Å². The van der Waals surface area contributed by atoms with Crippen LogP contribution < -0.4 is 15.2 Å². The third kappa shape index (κ3) is 2.12. The molecule has 5 nitrogen and oxygen atoms in total. The van der Waals surface area contributed by atoms with Crippen LogP contribution in [0.15, 0.2) is 18.2 Å². The minimum Gasteiger partial charge on any atom is -0.454 e. The summed E-state index contributed by atoms with van der Waals surface area (Å²) in [4.78, 5) is 14.7. The maximum atomic E-state index is 12.8. The molecule has 1 amide bonds. The number of benzene rings is 1. The van der Waals surface area contributed by atoms with Crippen LogP contribution in [0.25, 0.3) is 0 Å². The van der Waals surface area contributed by atoms with Crippen molar-refractivity contribution in [2.45, 2.75) is 25.8 Å². The topological polar surface area (TPSA) is 64.8 Å². The molecule has 108 valence electrons. The molecule has 0 unspecified atom stereocenters. The second-order valence-corrected chi connectivity index (χ2v) is 5.46. The lowest BCUT2D eigenvalue weighted by Gasteiger charge is -2.39. The molecule has 0 spiro atoms. The molecule has 1 saturated heterocycles. The number of hydrogen-bond donors (Lipinski definition) is 1. The molecule has 0 saturated carbocycles. The largest absolute Gasteiger partial charge is 0.454 e. The molecule has 1 aromatic rings. The molecule has 3 rings (SSSR count). The van der Waals surface area contributed by atoms with Crippen molar-refractivity contribution >= 4 is 5.91 Å². The highest BCUT2D eigenvalue weighted by atomic mass is 16.7. The molecule has 2 N–H and O–H groups in total. The van der Waals surface area contributed by atoms with Gasteiger partial charge in [-0.25, -0.2) is 0 Å². The maximum absolute atomic E-state index is 12.8. The summed E-state index contributed by atoms with van der Waals surface area (Å²) < 4.78 is 10.8. The van der Waals surface area contributed by atoms with Gasteiger partial charge in [-0.1, -0.05) is 13.0 Å². The van der Waals surface area contributed by atoms with E-state index in [1.54, 1.807) is 6.07 Å². The summed E-state index contributed by atoms with van der Waals surface area (Å²) in [5.41, 5.74) is 6.44. The van der Waals surface area contributed by atoms with Crippen LogP contribution in [-0.4, -0.2) is 36.7 Å². The second-order valence-electron chi connectivity index (χ2n) is 5.46. The first-order valence-electron chi connectivity index (χ1n) is 7.12. The van der Waals surface area contributed by atoms with Crippen LogP contribution in [0.2, 0.25) is 0 Å². The van der Waals surface area contributed by atoms with E-state index in [1.165, 1.54) is 0 Å². The van der Waals surface area contributed by atoms with Gasteiger partial charge in [-0.2, -0.15) is 0 Å². The third-order valence-electron chi connectivity index (χ3n) is 4.25. The fraction of sp³-hybridized carbons (Fsp3) is 0.533. The Bertz CT molecular complexity index is 518. The van der Waals surface area contributed by atoms with Crippen molar-refractivity contribution < 1.29 is 14.3 Å². The second kappa shape index (κ2) is 5.32. The average molecular weight is 276 g/mol. The van der Waals surface area contributed by atoms with Crippen molar-refractivity contribution in [3.8, 4) is 11.5 Å². The van der Waals surface area contributed by atoms with E-state index in [4.69, 9.17) is 15.2 Å². The Morgan fingerprint density at radius 1 is 1.45 bits per heavy atom. The zero-order chi connectivity index (χ0) is 14.1. The molecule has 0 aliphatic carbocycles. The molecule has 1 aromatic carbocycles. The molecule has 2 heterocycles. The van der Waals surface area contributed by atoms with Gasteiger partial charge in [-0.15, -0.1) is 0 Å². The summed E-state index contributed by atoms with van der Waals surface area (Å²) in [6.07, 6.45) is 2.15. The fourth-order valence-corrected chi connectivity index (χ4v) is 3.11. The number of fused-ring (bicyclic) bond motifs is 1. The molecule has 0 aromatic heterocycles. The third-order valence-corrected chi connectivity index (χ3v) is 4.25. The van der Waals surface area contributed by atoms with Gasteiger partial charge < -0.3 is 20.1 Å². The standard InChI is InChI=1S/C15H20N2O3/c1-10-4-3-7-17(12(10)8-16)15(18)11-5-2-6-13-14(11)20-9-19-13/h2,5-6,10,12H,3-4,7-9,16H2,1H3/t10-,12-/m0/s1. The molecule has 2 atom stereocenters. The first kappa shape index (κ1) is 13.2. The SMILES string of the molecule is C[C@H]1CCCN(C(=O)c2cccc3c2OCO3)[C@H]1CN. The lowest BCUT2D eigenvalue weighted by molar-refractivity contribution is 0.0528. The Morgan fingerprint density at radius 2 is 2.30 bits per heavy atom. The predicted octanol–water partition coefficient (Wildman–Crippen LogP) is 1.61. The number of carbonyl (C=O) groups is 1. The minimum absolute atomic E-state index is 0.00523. The van der Waals surface area contributed by atoms with Crippen molar-refractivity contribution in [1.82, 2.24) is 4.90 Å². The molecule has 0 radical (unpaired) electrons. The zero-order valence-electron chi connectivity index (χ0n) is 11.7. The van der Waals surface area contributed by atoms with E-state index in [-0.39, 0.29) is 18.7 Å². The van der Waals surface area contributed by atoms with Crippen LogP contribution in [0.1, 0.15) is 30.1 Å². The van der Waals surface area contributed by atoms with Gasteiger partial charge in [-0.05, 0) is 30.9 Å². The van der Waals surface area contributed by atoms with E-state index in [1.807, 2.05) is 17.0 Å². The normalized spacial score (nSPS) is 24.8. The Hall–Kier alpha value is -1.75. The highest BCUT2D eigenvalue weighted by Gasteiger charge is 2.33. The van der Waals surface area contributed by atoms with E-state index < -0.39 is 0 Å². The van der Waals surface area contributed by atoms with E-state index in [0.717, 1.165) is 19.4 Å². The number of piperidine rings is 1. The average Bonchev–Trinajstić information content (AvgIpc) is 2.94. The molecular formula is C15H20N2O3. The number of ether oxygens (including phenoxy) is 2. The molecule has 0 bridgehead atoms. The summed E-state index contributed by atoms with van der Waals surface area (Å²) in [5.74, 6) is 1.64. The van der Waals surface area contributed by atoms with Crippen molar-refractivity contribution in [3.63, 3.8) is 0 Å². The summed E-state index contributed by atoms with van der Waals surface area (Å²) in [5, 5.41) is 0. The Kier molecular flexibility index (Phi) is 3.53. The number of amides is 1. The highest BCUT2D eigenvalue weighted by Crippen LogP contribution is 2.37. The number of para-hydroxylation sites is 1. The van der Waals surface area contributed by atoms with Crippen LogP contribution in [0, 0.1) is 5.92 Å². The van der Waals surface area contributed by atoms with Gasteiger partial charge in [0.2, 0.25) is 6.79 Å². The first-order valence-corrected chi connectivity index (χ1v) is 7.12. The highest BCUT2D eigenvalue weighted by molar-refractivity contribution is 5.98. The summed E-state index contributed by atoms with van der Waals surface area (Å²) >= 11 is 0. The van der Waals surface area contributed by atoms with E-state index in [0.29, 0.717) is 29.5 Å². The number of carbonyl (C=O) groups excluding carboxylic acids is 1. The van der Waals surface area contributed by atoms with Crippen LogP contribution in [-0.2, 0) is 0 Å². The molecule has 1 fully saturated rings. The number of nitrogens with zero attached hydrogens (tertiary/aromatic N) is 1. The Balaban J connectivity index is 1.90. The minimum atomic E-state index is -0.00523. The van der Waals surface area contributed by atoms with Gasteiger partial charge in [-0.3, -0.25) is 4.79 Å². The molecular weight excluding hydrogens is 256 g/mol. The molecule has 2 aliphatic rings. The van der Waals surface area contributed by atoms with E-state index in [9.17, 15) is 4.79 Å². The number of rotatable bonds is 2. The van der Waals surface area contributed by atoms with Gasteiger partial charge in [0.25, 0.3) is 5.91 Å². The summed E-state index contributed by atoms with van der Waals surface area (Å²) in [6, 6.07) is 5.54. The van der Waals surface area contributed by atoms with Crippen LogP contribution in [0.4, 0.5) is 0 Å². The van der Waals surface area contributed by atoms with Crippen molar-refractivity contribution in [2.24, 2.45) is 11.7 Å². The van der Waals surface area contributed by atoms with Gasteiger partial charge in [0.15, 0.2) is 11.5 Å². The number of nitrogens with two attached hydrogens (primary N) is 1. The van der Waals surface area contributed by atoms with Gasteiger partial charge in [0, 0.05) is 19.1 Å². The molecule has 5 heteroatoms. The quantitative estimate of drug-likeness (QED) is 0.891. The Morgan fingerprint density at radius 3 is 3.10 bits per heavy atom. The van der Waals surface area contributed by atoms with Crippen LogP contribution in [0.3, 0.4) is 0 Å². The van der Waals surface area contributed by atoms with E-state index in [2.05, 4.69) is 6.92 Å². The molecule has 20 heavy (non-hydrogen) atoms. The summed E-state index contributed by atoms with van der Waals surface area (Å²) in [6.45, 7) is 3.59. The lowest BCUT2D eigenvalue weighted by Crippen LogP contribution is -2.51. The zero-order valence-corrected chi connectivity index (χ0v) is 11.7. The maximum Gasteiger partial charge on any atom is 0.258 e. The first-order chi connectivity index (χ1) is 9.72. The van der Waals surface area contributed by atoms with E-state index >= 15 is 0 Å². The van der Waals surface area contributed by atoms with Gasteiger partial charge in [0.1, 0.15) is 0 Å².